The fourth-order valence-corrected chi connectivity index (χ4v) is 2.44. The summed E-state index contributed by atoms with van der Waals surface area (Å²) in [6.07, 6.45) is 2.81. The molecule has 0 aliphatic carbocycles. The summed E-state index contributed by atoms with van der Waals surface area (Å²) >= 11 is 0. The lowest BCUT2D eigenvalue weighted by atomic mass is 9.97. The Morgan fingerprint density at radius 2 is 2.29 bits per heavy atom. The first-order chi connectivity index (χ1) is 8.43. The lowest BCUT2D eigenvalue weighted by Gasteiger charge is -2.14. The molecule has 1 aliphatic heterocycles. The number of ether oxygens (including phenoxy) is 1. The molecule has 3 nitrogen and oxygen atoms in total. The second kappa shape index (κ2) is 4.90. The van der Waals surface area contributed by atoms with Gasteiger partial charge in [0.05, 0.1) is 19.5 Å². The lowest BCUT2D eigenvalue weighted by Crippen LogP contribution is -2.24. The number of nitrogens with one attached hydrogen (secondary N) is 1. The molecule has 1 unspecified atom stereocenters. The van der Waals surface area contributed by atoms with E-state index < -0.39 is 0 Å². The van der Waals surface area contributed by atoms with E-state index in [4.69, 9.17) is 9.15 Å². The maximum atomic E-state index is 5.59. The van der Waals surface area contributed by atoms with Crippen LogP contribution in [0.1, 0.15) is 5.56 Å². The van der Waals surface area contributed by atoms with Crippen molar-refractivity contribution in [2.75, 3.05) is 26.3 Å². The summed E-state index contributed by atoms with van der Waals surface area (Å²) in [6, 6.07) is 8.31. The predicted octanol–water partition coefficient (Wildman–Crippen LogP) is 2.21. The van der Waals surface area contributed by atoms with E-state index >= 15 is 0 Å². The largest absolute Gasteiger partial charge is 0.464 e. The number of benzene rings is 1. The van der Waals surface area contributed by atoms with Crippen molar-refractivity contribution in [3.05, 3.63) is 36.1 Å². The fraction of sp³-hybridized carbons (Fsp3) is 0.429. The maximum Gasteiger partial charge on any atom is 0.134 e. The van der Waals surface area contributed by atoms with Crippen LogP contribution in [0.2, 0.25) is 0 Å². The average Bonchev–Trinajstić information content (AvgIpc) is 2.69. The van der Waals surface area contributed by atoms with Crippen LogP contribution in [0.5, 0.6) is 0 Å². The highest BCUT2D eigenvalue weighted by Gasteiger charge is 2.14. The first-order valence-corrected chi connectivity index (χ1v) is 6.17. The lowest BCUT2D eigenvalue weighted by molar-refractivity contribution is 0.123. The van der Waals surface area contributed by atoms with E-state index in [-0.39, 0.29) is 0 Å². The van der Waals surface area contributed by atoms with Gasteiger partial charge in [0, 0.05) is 18.5 Å². The molecule has 0 amide bonds. The minimum Gasteiger partial charge on any atom is -0.464 e. The Bertz CT molecular complexity index is 484. The van der Waals surface area contributed by atoms with Crippen molar-refractivity contribution < 1.29 is 9.15 Å². The molecule has 1 N–H and O–H groups in total. The molecule has 0 saturated carbocycles. The van der Waals surface area contributed by atoms with Crippen LogP contribution in [0.4, 0.5) is 0 Å². The van der Waals surface area contributed by atoms with Gasteiger partial charge >= 0.3 is 0 Å². The molecule has 2 aromatic rings. The van der Waals surface area contributed by atoms with Crippen molar-refractivity contribution in [3.8, 4) is 0 Å². The molecule has 2 heterocycles. The van der Waals surface area contributed by atoms with Crippen LogP contribution in [0, 0.1) is 5.92 Å². The van der Waals surface area contributed by atoms with E-state index in [0.717, 1.165) is 38.3 Å². The second-order valence-corrected chi connectivity index (χ2v) is 4.60. The Morgan fingerprint density at radius 1 is 1.29 bits per heavy atom. The van der Waals surface area contributed by atoms with Gasteiger partial charge in [-0.2, -0.15) is 0 Å². The van der Waals surface area contributed by atoms with Crippen molar-refractivity contribution >= 4 is 11.0 Å². The van der Waals surface area contributed by atoms with Gasteiger partial charge in [0.2, 0.25) is 0 Å². The summed E-state index contributed by atoms with van der Waals surface area (Å²) in [4.78, 5) is 0. The highest BCUT2D eigenvalue weighted by atomic mass is 16.5. The smallest absolute Gasteiger partial charge is 0.134 e. The molecule has 1 saturated heterocycles. The first kappa shape index (κ1) is 10.8. The topological polar surface area (TPSA) is 34.4 Å². The van der Waals surface area contributed by atoms with Gasteiger partial charge in [0.25, 0.3) is 0 Å². The molecule has 90 valence electrons. The molecule has 1 aromatic carbocycles. The zero-order chi connectivity index (χ0) is 11.5. The van der Waals surface area contributed by atoms with Gasteiger partial charge in [-0.05, 0) is 30.0 Å². The van der Waals surface area contributed by atoms with Crippen molar-refractivity contribution in [3.63, 3.8) is 0 Å². The van der Waals surface area contributed by atoms with E-state index in [9.17, 15) is 0 Å². The quantitative estimate of drug-likeness (QED) is 0.860. The van der Waals surface area contributed by atoms with Gasteiger partial charge in [0.15, 0.2) is 0 Å². The minimum absolute atomic E-state index is 0.554. The van der Waals surface area contributed by atoms with Crippen LogP contribution in [0.25, 0.3) is 11.0 Å². The zero-order valence-electron chi connectivity index (χ0n) is 9.82. The van der Waals surface area contributed by atoms with Crippen LogP contribution < -0.4 is 5.32 Å². The first-order valence-electron chi connectivity index (χ1n) is 6.17. The highest BCUT2D eigenvalue weighted by molar-refractivity contribution is 5.80. The Balaban J connectivity index is 1.81. The summed E-state index contributed by atoms with van der Waals surface area (Å²) in [6.45, 7) is 3.67. The fourth-order valence-electron chi connectivity index (χ4n) is 2.44. The van der Waals surface area contributed by atoms with Gasteiger partial charge < -0.3 is 14.5 Å². The molecule has 3 heteroatoms. The molecular formula is C14H17NO2. The number of furan rings is 1. The zero-order valence-corrected chi connectivity index (χ0v) is 9.82. The highest BCUT2D eigenvalue weighted by Crippen LogP contribution is 2.22. The SMILES string of the molecule is c1cc(CC2CNCCOC2)c2ccoc2c1. The van der Waals surface area contributed by atoms with Crippen molar-refractivity contribution in [2.45, 2.75) is 6.42 Å². The van der Waals surface area contributed by atoms with E-state index in [0.29, 0.717) is 5.92 Å². The van der Waals surface area contributed by atoms with Crippen LogP contribution in [-0.2, 0) is 11.2 Å². The van der Waals surface area contributed by atoms with Crippen LogP contribution in [0.15, 0.2) is 34.9 Å². The van der Waals surface area contributed by atoms with E-state index in [1.807, 2.05) is 6.07 Å². The third kappa shape index (κ3) is 2.35. The van der Waals surface area contributed by atoms with Crippen LogP contribution in [-0.4, -0.2) is 26.3 Å². The monoisotopic (exact) mass is 231 g/mol. The third-order valence-corrected chi connectivity index (χ3v) is 3.30. The Hall–Kier alpha value is -1.32. The number of fused-ring (bicyclic) bond motifs is 1. The summed E-state index contributed by atoms with van der Waals surface area (Å²) in [5.41, 5.74) is 2.33. The normalized spacial score (nSPS) is 21.5. The van der Waals surface area contributed by atoms with E-state index in [1.165, 1.54) is 10.9 Å². The molecule has 1 aliphatic rings. The number of hydrogen-bond donors (Lipinski definition) is 1. The summed E-state index contributed by atoms with van der Waals surface area (Å²) in [5, 5.41) is 4.64. The molecule has 3 rings (SSSR count). The van der Waals surface area contributed by atoms with Gasteiger partial charge in [-0.3, -0.25) is 0 Å². The van der Waals surface area contributed by atoms with Crippen molar-refractivity contribution in [1.82, 2.24) is 5.32 Å². The third-order valence-electron chi connectivity index (χ3n) is 3.30. The van der Waals surface area contributed by atoms with Crippen LogP contribution in [0.3, 0.4) is 0 Å². The Kier molecular flexibility index (Phi) is 3.12. The molecule has 17 heavy (non-hydrogen) atoms. The molecule has 1 atom stereocenters. The summed E-state index contributed by atoms with van der Waals surface area (Å²) in [7, 11) is 0. The Morgan fingerprint density at radius 3 is 3.29 bits per heavy atom. The summed E-state index contributed by atoms with van der Waals surface area (Å²) < 4.78 is 11.0. The molecule has 0 radical (unpaired) electrons. The van der Waals surface area contributed by atoms with Crippen molar-refractivity contribution in [1.29, 1.82) is 0 Å². The molecule has 1 aromatic heterocycles. The molecule has 1 fully saturated rings. The van der Waals surface area contributed by atoms with Crippen LogP contribution >= 0.6 is 0 Å². The summed E-state index contributed by atoms with van der Waals surface area (Å²) in [5.74, 6) is 0.554. The maximum absolute atomic E-state index is 5.59. The van der Waals surface area contributed by atoms with E-state index in [1.54, 1.807) is 6.26 Å². The van der Waals surface area contributed by atoms with Gasteiger partial charge in [-0.15, -0.1) is 0 Å². The van der Waals surface area contributed by atoms with Gasteiger partial charge in [-0.25, -0.2) is 0 Å². The van der Waals surface area contributed by atoms with E-state index in [2.05, 4.69) is 23.5 Å². The van der Waals surface area contributed by atoms with Crippen molar-refractivity contribution in [2.24, 2.45) is 5.92 Å². The number of hydrogen-bond acceptors (Lipinski definition) is 3. The number of rotatable bonds is 2. The predicted molar refractivity (Wildman–Crippen MR) is 67.1 cm³/mol. The van der Waals surface area contributed by atoms with Gasteiger partial charge in [0.1, 0.15) is 5.58 Å². The molecule has 0 bridgehead atoms. The molecule has 0 spiro atoms. The second-order valence-electron chi connectivity index (χ2n) is 4.60. The molecular weight excluding hydrogens is 214 g/mol. The minimum atomic E-state index is 0.554. The standard InChI is InChI=1S/C14H17NO2/c1-2-12(13-4-6-17-14(13)3-1)8-11-9-15-5-7-16-10-11/h1-4,6,11,15H,5,7-10H2. The Labute approximate surface area is 101 Å². The average molecular weight is 231 g/mol. The van der Waals surface area contributed by atoms with Gasteiger partial charge in [-0.1, -0.05) is 12.1 Å².